The van der Waals surface area contributed by atoms with E-state index >= 15 is 0 Å². The average Bonchev–Trinajstić information content (AvgIpc) is 2.51. The third kappa shape index (κ3) is 3.97. The van der Waals surface area contributed by atoms with Crippen LogP contribution in [0, 0.1) is 20.8 Å². The second-order valence-corrected chi connectivity index (χ2v) is 5.50. The number of Topliss-reactive ketones (excluding diaryl/α,β-unsaturated/α-hetero) is 1. The Bertz CT molecular complexity index is 707. The number of aryl methyl sites for hydroxylation is 3. The lowest BCUT2D eigenvalue weighted by molar-refractivity contribution is 0.0474. The standard InChI is InChI=1S/C19H20O4/c1-12-9-13(2)18(14(3)10-12)17(20)11-23-19(21)15-5-7-16(22-4)8-6-15/h5-10H,11H2,1-4H3. The Morgan fingerprint density at radius 1 is 0.957 bits per heavy atom. The normalized spacial score (nSPS) is 10.3. The molecule has 4 nitrogen and oxygen atoms in total. The molecule has 0 heterocycles. The molecule has 0 saturated heterocycles. The van der Waals surface area contributed by atoms with E-state index in [1.165, 1.54) is 0 Å². The summed E-state index contributed by atoms with van der Waals surface area (Å²) in [5, 5.41) is 0. The maximum absolute atomic E-state index is 12.3. The van der Waals surface area contributed by atoms with E-state index in [1.54, 1.807) is 31.4 Å². The highest BCUT2D eigenvalue weighted by Crippen LogP contribution is 2.17. The van der Waals surface area contributed by atoms with Gasteiger partial charge in [-0.15, -0.1) is 0 Å². The van der Waals surface area contributed by atoms with E-state index in [9.17, 15) is 9.59 Å². The highest BCUT2D eigenvalue weighted by atomic mass is 16.5. The number of esters is 1. The third-order valence-electron chi connectivity index (χ3n) is 3.62. The molecular formula is C19H20O4. The average molecular weight is 312 g/mol. The van der Waals surface area contributed by atoms with E-state index in [1.807, 2.05) is 32.9 Å². The molecule has 0 amide bonds. The van der Waals surface area contributed by atoms with Crippen LogP contribution in [0.15, 0.2) is 36.4 Å². The number of ketones is 1. The zero-order valence-electron chi connectivity index (χ0n) is 13.8. The van der Waals surface area contributed by atoms with Gasteiger partial charge in [-0.2, -0.15) is 0 Å². The van der Waals surface area contributed by atoms with Gasteiger partial charge < -0.3 is 9.47 Å². The molecule has 2 rings (SSSR count). The third-order valence-corrected chi connectivity index (χ3v) is 3.62. The van der Waals surface area contributed by atoms with Crippen LogP contribution in [0.1, 0.15) is 37.4 Å². The Kier molecular flexibility index (Phi) is 5.16. The predicted octanol–water partition coefficient (Wildman–Crippen LogP) is 3.66. The van der Waals surface area contributed by atoms with Gasteiger partial charge in [-0.3, -0.25) is 4.79 Å². The van der Waals surface area contributed by atoms with Gasteiger partial charge in [-0.1, -0.05) is 17.7 Å². The number of carbonyl (C=O) groups excluding carboxylic acids is 2. The van der Waals surface area contributed by atoms with Crippen LogP contribution in [0.3, 0.4) is 0 Å². The van der Waals surface area contributed by atoms with Crippen molar-refractivity contribution in [2.24, 2.45) is 0 Å². The molecular weight excluding hydrogens is 292 g/mol. The zero-order chi connectivity index (χ0) is 17.0. The Morgan fingerprint density at radius 2 is 1.52 bits per heavy atom. The Hall–Kier alpha value is -2.62. The molecule has 0 aliphatic rings. The molecule has 0 saturated carbocycles. The molecule has 0 bridgehead atoms. The van der Waals surface area contributed by atoms with Crippen LogP contribution in [-0.4, -0.2) is 25.5 Å². The molecule has 0 N–H and O–H groups in total. The van der Waals surface area contributed by atoms with Gasteiger partial charge in [0.05, 0.1) is 12.7 Å². The second-order valence-electron chi connectivity index (χ2n) is 5.50. The van der Waals surface area contributed by atoms with E-state index in [0.717, 1.165) is 16.7 Å². The zero-order valence-corrected chi connectivity index (χ0v) is 13.8. The smallest absolute Gasteiger partial charge is 0.338 e. The number of hydrogen-bond donors (Lipinski definition) is 0. The SMILES string of the molecule is COc1ccc(C(=O)OCC(=O)c2c(C)cc(C)cc2C)cc1. The van der Waals surface area contributed by atoms with E-state index in [4.69, 9.17) is 9.47 Å². The fourth-order valence-corrected chi connectivity index (χ4v) is 2.63. The predicted molar refractivity (Wildman–Crippen MR) is 88.3 cm³/mol. The fourth-order valence-electron chi connectivity index (χ4n) is 2.63. The monoisotopic (exact) mass is 312 g/mol. The van der Waals surface area contributed by atoms with Crippen molar-refractivity contribution in [3.05, 3.63) is 64.2 Å². The molecule has 0 aliphatic heterocycles. The molecule has 0 spiro atoms. The number of carbonyl (C=O) groups is 2. The first-order chi connectivity index (χ1) is 10.9. The molecule has 4 heteroatoms. The summed E-state index contributed by atoms with van der Waals surface area (Å²) in [6, 6.07) is 10.5. The lowest BCUT2D eigenvalue weighted by atomic mass is 9.97. The van der Waals surface area contributed by atoms with Crippen LogP contribution >= 0.6 is 0 Å². The summed E-state index contributed by atoms with van der Waals surface area (Å²) in [6.45, 7) is 5.49. The molecule has 0 fully saturated rings. The number of hydrogen-bond acceptors (Lipinski definition) is 4. The maximum atomic E-state index is 12.3. The lowest BCUT2D eigenvalue weighted by Crippen LogP contribution is -2.16. The van der Waals surface area contributed by atoms with Crippen LogP contribution < -0.4 is 4.74 Å². The molecule has 2 aromatic carbocycles. The van der Waals surface area contributed by atoms with Crippen molar-refractivity contribution in [3.8, 4) is 5.75 Å². The van der Waals surface area contributed by atoms with Crippen LogP contribution in [-0.2, 0) is 4.74 Å². The van der Waals surface area contributed by atoms with E-state index in [-0.39, 0.29) is 12.4 Å². The second kappa shape index (κ2) is 7.09. The highest BCUT2D eigenvalue weighted by Gasteiger charge is 2.16. The number of rotatable bonds is 5. The Balaban J connectivity index is 2.05. The van der Waals surface area contributed by atoms with Gasteiger partial charge in [-0.25, -0.2) is 4.79 Å². The maximum Gasteiger partial charge on any atom is 0.338 e. The lowest BCUT2D eigenvalue weighted by Gasteiger charge is -2.11. The van der Waals surface area contributed by atoms with Gasteiger partial charge in [-0.05, 0) is 56.2 Å². The van der Waals surface area contributed by atoms with Gasteiger partial charge in [0.15, 0.2) is 6.61 Å². The summed E-state index contributed by atoms with van der Waals surface area (Å²) < 4.78 is 10.2. The Morgan fingerprint density at radius 3 is 2.04 bits per heavy atom. The van der Waals surface area contributed by atoms with Crippen molar-refractivity contribution in [1.82, 2.24) is 0 Å². The van der Waals surface area contributed by atoms with Crippen molar-refractivity contribution in [2.75, 3.05) is 13.7 Å². The van der Waals surface area contributed by atoms with Crippen LogP contribution in [0.5, 0.6) is 5.75 Å². The quantitative estimate of drug-likeness (QED) is 0.624. The van der Waals surface area contributed by atoms with Crippen molar-refractivity contribution in [3.63, 3.8) is 0 Å². The van der Waals surface area contributed by atoms with Crippen molar-refractivity contribution in [1.29, 1.82) is 0 Å². The molecule has 0 radical (unpaired) electrons. The summed E-state index contributed by atoms with van der Waals surface area (Å²) in [7, 11) is 1.55. The van der Waals surface area contributed by atoms with E-state index in [2.05, 4.69) is 0 Å². The Labute approximate surface area is 136 Å². The summed E-state index contributed by atoms with van der Waals surface area (Å²) in [4.78, 5) is 24.3. The first-order valence-corrected chi connectivity index (χ1v) is 7.34. The molecule has 120 valence electrons. The number of benzene rings is 2. The molecule has 0 aromatic heterocycles. The summed E-state index contributed by atoms with van der Waals surface area (Å²) in [5.41, 5.74) is 3.90. The topological polar surface area (TPSA) is 52.6 Å². The molecule has 0 atom stereocenters. The minimum Gasteiger partial charge on any atom is -0.497 e. The van der Waals surface area contributed by atoms with Crippen molar-refractivity contribution < 1.29 is 19.1 Å². The minimum absolute atomic E-state index is 0.193. The van der Waals surface area contributed by atoms with Gasteiger partial charge in [0.2, 0.25) is 5.78 Å². The number of ether oxygens (including phenoxy) is 2. The van der Waals surface area contributed by atoms with Crippen molar-refractivity contribution in [2.45, 2.75) is 20.8 Å². The van der Waals surface area contributed by atoms with E-state index < -0.39 is 5.97 Å². The molecule has 23 heavy (non-hydrogen) atoms. The first-order valence-electron chi connectivity index (χ1n) is 7.34. The number of methoxy groups -OCH3 is 1. The summed E-state index contributed by atoms with van der Waals surface area (Å²) in [6.07, 6.45) is 0. The van der Waals surface area contributed by atoms with Gasteiger partial charge >= 0.3 is 5.97 Å². The van der Waals surface area contributed by atoms with Crippen LogP contribution in [0.25, 0.3) is 0 Å². The van der Waals surface area contributed by atoms with Gasteiger partial charge in [0, 0.05) is 5.56 Å². The highest BCUT2D eigenvalue weighted by molar-refractivity contribution is 6.01. The molecule has 2 aromatic rings. The van der Waals surface area contributed by atoms with Crippen LogP contribution in [0.4, 0.5) is 0 Å². The van der Waals surface area contributed by atoms with Gasteiger partial charge in [0.25, 0.3) is 0 Å². The van der Waals surface area contributed by atoms with Crippen molar-refractivity contribution >= 4 is 11.8 Å². The summed E-state index contributed by atoms with van der Waals surface area (Å²) >= 11 is 0. The van der Waals surface area contributed by atoms with Crippen LogP contribution in [0.2, 0.25) is 0 Å². The summed E-state index contributed by atoms with van der Waals surface area (Å²) in [5.74, 6) is -0.0613. The molecule has 0 unspecified atom stereocenters. The molecule has 0 aliphatic carbocycles. The minimum atomic E-state index is -0.525. The first kappa shape index (κ1) is 16.7. The van der Waals surface area contributed by atoms with E-state index in [0.29, 0.717) is 16.9 Å². The van der Waals surface area contributed by atoms with Gasteiger partial charge in [0.1, 0.15) is 5.75 Å². The largest absolute Gasteiger partial charge is 0.497 e. The fraction of sp³-hybridized carbons (Fsp3) is 0.263.